The topological polar surface area (TPSA) is 62.4 Å². The van der Waals surface area contributed by atoms with E-state index in [0.717, 1.165) is 24.7 Å². The van der Waals surface area contributed by atoms with E-state index in [-0.39, 0.29) is 6.04 Å². The molecule has 1 aromatic carbocycles. The van der Waals surface area contributed by atoms with Crippen LogP contribution < -0.4 is 16.4 Å². The molecule has 1 aromatic rings. The van der Waals surface area contributed by atoms with Crippen LogP contribution >= 0.6 is 0 Å². The fourth-order valence-electron chi connectivity index (χ4n) is 1.57. The van der Waals surface area contributed by atoms with Gasteiger partial charge in [-0.15, -0.1) is 0 Å². The van der Waals surface area contributed by atoms with Crippen molar-refractivity contribution < 1.29 is 0 Å². The van der Waals surface area contributed by atoms with Gasteiger partial charge in [0.05, 0.1) is 12.6 Å². The summed E-state index contributed by atoms with van der Waals surface area (Å²) in [4.78, 5) is 4.29. The van der Waals surface area contributed by atoms with Crippen molar-refractivity contribution in [2.24, 2.45) is 4.99 Å². The molecular formula is C11H16N4. The Kier molecular flexibility index (Phi) is 2.76. The van der Waals surface area contributed by atoms with Gasteiger partial charge in [-0.3, -0.25) is 4.99 Å². The van der Waals surface area contributed by atoms with Gasteiger partial charge in [-0.05, 0) is 24.6 Å². The summed E-state index contributed by atoms with van der Waals surface area (Å²) >= 11 is 0. The smallest absolute Gasteiger partial charge is 0.191 e. The standard InChI is InChI=1S/C11H16N4/c1-8(15-11-13-6-7-14-11)9-2-4-10(12)5-3-9/h2-5,8H,6-7,12H2,1H3,(H2,13,14,15). The SMILES string of the molecule is CC(NC1=NCCN1)c1ccc(N)cc1. The van der Waals surface area contributed by atoms with Crippen molar-refractivity contribution in [2.75, 3.05) is 18.8 Å². The highest BCUT2D eigenvalue weighted by atomic mass is 15.2. The van der Waals surface area contributed by atoms with Crippen LogP contribution in [0.25, 0.3) is 0 Å². The zero-order chi connectivity index (χ0) is 10.7. The number of nitrogens with zero attached hydrogens (tertiary/aromatic N) is 1. The highest BCUT2D eigenvalue weighted by Gasteiger charge is 2.09. The molecule has 0 aliphatic carbocycles. The molecule has 0 radical (unpaired) electrons. The third-order valence-electron chi connectivity index (χ3n) is 2.46. The van der Waals surface area contributed by atoms with Crippen LogP contribution in [0.3, 0.4) is 0 Å². The molecule has 2 rings (SSSR count). The van der Waals surface area contributed by atoms with Crippen LogP contribution in [0.1, 0.15) is 18.5 Å². The first kappa shape index (κ1) is 9.83. The number of aliphatic imine (C=N–C) groups is 1. The molecule has 1 heterocycles. The minimum absolute atomic E-state index is 0.245. The molecule has 0 spiro atoms. The Hall–Kier alpha value is -1.71. The monoisotopic (exact) mass is 204 g/mol. The minimum Gasteiger partial charge on any atom is -0.399 e. The lowest BCUT2D eigenvalue weighted by Crippen LogP contribution is -2.35. The molecule has 4 N–H and O–H groups in total. The summed E-state index contributed by atoms with van der Waals surface area (Å²) in [6, 6.07) is 8.13. The molecule has 0 fully saturated rings. The second-order valence-electron chi connectivity index (χ2n) is 3.69. The van der Waals surface area contributed by atoms with E-state index in [1.54, 1.807) is 0 Å². The zero-order valence-corrected chi connectivity index (χ0v) is 8.83. The zero-order valence-electron chi connectivity index (χ0n) is 8.83. The van der Waals surface area contributed by atoms with E-state index >= 15 is 0 Å². The summed E-state index contributed by atoms with van der Waals surface area (Å²) in [7, 11) is 0. The molecule has 4 heteroatoms. The lowest BCUT2D eigenvalue weighted by molar-refractivity contribution is 0.702. The molecule has 0 aromatic heterocycles. The van der Waals surface area contributed by atoms with Gasteiger partial charge in [0.25, 0.3) is 0 Å². The highest BCUT2D eigenvalue weighted by Crippen LogP contribution is 2.14. The van der Waals surface area contributed by atoms with Gasteiger partial charge < -0.3 is 16.4 Å². The molecule has 15 heavy (non-hydrogen) atoms. The summed E-state index contributed by atoms with van der Waals surface area (Å²) in [6.45, 7) is 3.89. The van der Waals surface area contributed by atoms with Gasteiger partial charge in [0, 0.05) is 12.2 Å². The first-order valence-electron chi connectivity index (χ1n) is 5.16. The summed E-state index contributed by atoms with van der Waals surface area (Å²) in [5.74, 6) is 0.888. The predicted molar refractivity (Wildman–Crippen MR) is 62.7 cm³/mol. The summed E-state index contributed by atoms with van der Waals surface area (Å²) < 4.78 is 0. The van der Waals surface area contributed by atoms with Crippen molar-refractivity contribution in [3.8, 4) is 0 Å². The van der Waals surface area contributed by atoms with Gasteiger partial charge in [-0.1, -0.05) is 12.1 Å². The van der Waals surface area contributed by atoms with E-state index in [1.165, 1.54) is 5.56 Å². The number of hydrogen-bond donors (Lipinski definition) is 3. The average Bonchev–Trinajstić information content (AvgIpc) is 2.71. The predicted octanol–water partition coefficient (Wildman–Crippen LogP) is 0.879. The molecule has 80 valence electrons. The van der Waals surface area contributed by atoms with Gasteiger partial charge in [-0.25, -0.2) is 0 Å². The summed E-state index contributed by atoms with van der Waals surface area (Å²) in [6.07, 6.45) is 0. The number of rotatable bonds is 2. The molecule has 0 bridgehead atoms. The Bertz CT molecular complexity index is 355. The maximum Gasteiger partial charge on any atom is 0.191 e. The minimum atomic E-state index is 0.245. The van der Waals surface area contributed by atoms with Crippen molar-refractivity contribution in [2.45, 2.75) is 13.0 Å². The van der Waals surface area contributed by atoms with Crippen molar-refractivity contribution in [3.05, 3.63) is 29.8 Å². The Morgan fingerprint density at radius 1 is 1.40 bits per heavy atom. The van der Waals surface area contributed by atoms with Gasteiger partial charge in [0.1, 0.15) is 0 Å². The van der Waals surface area contributed by atoms with Gasteiger partial charge in [0.2, 0.25) is 0 Å². The number of anilines is 1. The van der Waals surface area contributed by atoms with E-state index in [2.05, 4.69) is 22.5 Å². The Labute approximate surface area is 89.6 Å². The van der Waals surface area contributed by atoms with E-state index < -0.39 is 0 Å². The normalized spacial score (nSPS) is 16.7. The molecular weight excluding hydrogens is 188 g/mol. The lowest BCUT2D eigenvalue weighted by Gasteiger charge is -2.15. The number of hydrogen-bond acceptors (Lipinski definition) is 4. The third kappa shape index (κ3) is 2.40. The molecule has 1 atom stereocenters. The molecule has 1 aliphatic heterocycles. The fourth-order valence-corrected chi connectivity index (χ4v) is 1.57. The van der Waals surface area contributed by atoms with Gasteiger partial charge in [0.15, 0.2) is 5.96 Å². The van der Waals surface area contributed by atoms with Crippen molar-refractivity contribution in [3.63, 3.8) is 0 Å². The van der Waals surface area contributed by atoms with E-state index in [0.29, 0.717) is 0 Å². The lowest BCUT2D eigenvalue weighted by atomic mass is 10.1. The number of guanidine groups is 1. The molecule has 0 saturated carbocycles. The van der Waals surface area contributed by atoms with Crippen LogP contribution in [0.4, 0.5) is 5.69 Å². The number of nitrogens with two attached hydrogens (primary N) is 1. The first-order valence-corrected chi connectivity index (χ1v) is 5.16. The Morgan fingerprint density at radius 3 is 2.73 bits per heavy atom. The molecule has 0 saturated heterocycles. The summed E-state index contributed by atoms with van der Waals surface area (Å²) in [5.41, 5.74) is 7.64. The van der Waals surface area contributed by atoms with Crippen LogP contribution in [0, 0.1) is 0 Å². The second-order valence-corrected chi connectivity index (χ2v) is 3.69. The van der Waals surface area contributed by atoms with Crippen molar-refractivity contribution in [1.29, 1.82) is 0 Å². The van der Waals surface area contributed by atoms with Crippen LogP contribution in [-0.2, 0) is 0 Å². The molecule has 1 unspecified atom stereocenters. The first-order chi connectivity index (χ1) is 7.25. The third-order valence-corrected chi connectivity index (χ3v) is 2.46. The summed E-state index contributed by atoms with van der Waals surface area (Å²) in [5, 5.41) is 6.50. The average molecular weight is 204 g/mol. The Balaban J connectivity index is 2.00. The van der Waals surface area contributed by atoms with Crippen molar-refractivity contribution in [1.82, 2.24) is 10.6 Å². The van der Waals surface area contributed by atoms with Crippen molar-refractivity contribution >= 4 is 11.6 Å². The van der Waals surface area contributed by atoms with Gasteiger partial charge in [-0.2, -0.15) is 0 Å². The maximum absolute atomic E-state index is 5.63. The number of benzene rings is 1. The second kappa shape index (κ2) is 4.21. The maximum atomic E-state index is 5.63. The molecule has 0 amide bonds. The highest BCUT2D eigenvalue weighted by molar-refractivity contribution is 5.81. The van der Waals surface area contributed by atoms with Crippen LogP contribution in [0.2, 0.25) is 0 Å². The van der Waals surface area contributed by atoms with Crippen LogP contribution in [-0.4, -0.2) is 19.0 Å². The fraction of sp³-hybridized carbons (Fsp3) is 0.364. The van der Waals surface area contributed by atoms with Crippen LogP contribution in [0.5, 0.6) is 0 Å². The Morgan fingerprint density at radius 2 is 2.13 bits per heavy atom. The largest absolute Gasteiger partial charge is 0.399 e. The van der Waals surface area contributed by atoms with Crippen LogP contribution in [0.15, 0.2) is 29.3 Å². The number of nitrogens with one attached hydrogen (secondary N) is 2. The van der Waals surface area contributed by atoms with E-state index in [9.17, 15) is 0 Å². The molecule has 4 nitrogen and oxygen atoms in total. The quantitative estimate of drug-likeness (QED) is 0.627. The van der Waals surface area contributed by atoms with Gasteiger partial charge >= 0.3 is 0 Å². The molecule has 1 aliphatic rings. The number of nitrogen functional groups attached to an aromatic ring is 1. The van der Waals surface area contributed by atoms with E-state index in [1.807, 2.05) is 24.3 Å². The van der Waals surface area contributed by atoms with E-state index in [4.69, 9.17) is 5.73 Å².